The largest absolute Gasteiger partial charge is 0.381 e. The van der Waals surface area contributed by atoms with Gasteiger partial charge in [-0.05, 0) is 32.6 Å². The summed E-state index contributed by atoms with van der Waals surface area (Å²) >= 11 is 0. The van der Waals surface area contributed by atoms with E-state index < -0.39 is 0 Å². The van der Waals surface area contributed by atoms with Crippen molar-refractivity contribution in [2.45, 2.75) is 52.4 Å². The molecule has 1 aromatic rings. The molecule has 1 saturated heterocycles. The minimum atomic E-state index is 0.459. The van der Waals surface area contributed by atoms with E-state index in [4.69, 9.17) is 14.7 Å². The summed E-state index contributed by atoms with van der Waals surface area (Å²) in [7, 11) is 0. The Labute approximate surface area is 116 Å². The van der Waals surface area contributed by atoms with Crippen molar-refractivity contribution in [2.24, 2.45) is 0 Å². The zero-order valence-corrected chi connectivity index (χ0v) is 12.3. The van der Waals surface area contributed by atoms with Crippen molar-refractivity contribution in [3.63, 3.8) is 0 Å². The molecule has 0 saturated carbocycles. The number of hydrogen-bond acceptors (Lipinski definition) is 4. The average Bonchev–Trinajstić information content (AvgIpc) is 2.45. The van der Waals surface area contributed by atoms with Crippen molar-refractivity contribution >= 4 is 5.82 Å². The highest BCUT2D eigenvalue weighted by atomic mass is 16.5. The number of aromatic nitrogens is 2. The minimum Gasteiger partial charge on any atom is -0.381 e. The third-order valence-electron chi connectivity index (χ3n) is 3.71. The summed E-state index contributed by atoms with van der Waals surface area (Å²) in [6.45, 7) is 9.07. The monoisotopic (exact) mass is 263 g/mol. The molecule has 1 fully saturated rings. The second-order valence-electron chi connectivity index (χ2n) is 5.16. The topological polar surface area (TPSA) is 47.0 Å². The second kappa shape index (κ2) is 6.85. The van der Waals surface area contributed by atoms with Gasteiger partial charge in [-0.15, -0.1) is 0 Å². The van der Waals surface area contributed by atoms with Crippen LogP contribution in [-0.4, -0.2) is 29.7 Å². The first-order chi connectivity index (χ1) is 9.26. The molecule has 1 aliphatic rings. The quantitative estimate of drug-likeness (QED) is 0.887. The molecule has 0 bridgehead atoms. The first-order valence-corrected chi connectivity index (χ1v) is 7.45. The van der Waals surface area contributed by atoms with Crippen LogP contribution in [0, 0.1) is 6.92 Å². The maximum Gasteiger partial charge on any atom is 0.134 e. The molecule has 0 aliphatic carbocycles. The molecule has 0 aromatic carbocycles. The SMILES string of the molecule is CCCNc1nc(C2CCOCC2)nc(C)c1CC. The molecule has 106 valence electrons. The highest BCUT2D eigenvalue weighted by Gasteiger charge is 2.20. The van der Waals surface area contributed by atoms with Crippen LogP contribution in [0.4, 0.5) is 5.82 Å². The molecule has 1 N–H and O–H groups in total. The summed E-state index contributed by atoms with van der Waals surface area (Å²) in [5, 5.41) is 3.45. The Morgan fingerprint density at radius 2 is 1.95 bits per heavy atom. The van der Waals surface area contributed by atoms with E-state index in [0.717, 1.165) is 62.8 Å². The van der Waals surface area contributed by atoms with Crippen LogP contribution in [0.15, 0.2) is 0 Å². The van der Waals surface area contributed by atoms with Crippen LogP contribution in [0.1, 0.15) is 56.1 Å². The van der Waals surface area contributed by atoms with Crippen molar-refractivity contribution in [2.75, 3.05) is 25.1 Å². The first kappa shape index (κ1) is 14.3. The van der Waals surface area contributed by atoms with Gasteiger partial charge >= 0.3 is 0 Å². The van der Waals surface area contributed by atoms with E-state index in [-0.39, 0.29) is 0 Å². The van der Waals surface area contributed by atoms with Crippen LogP contribution in [0.2, 0.25) is 0 Å². The van der Waals surface area contributed by atoms with Crippen LogP contribution < -0.4 is 5.32 Å². The van der Waals surface area contributed by atoms with E-state index in [0.29, 0.717) is 5.92 Å². The lowest BCUT2D eigenvalue weighted by atomic mass is 9.99. The van der Waals surface area contributed by atoms with Gasteiger partial charge in [-0.25, -0.2) is 9.97 Å². The van der Waals surface area contributed by atoms with Gasteiger partial charge in [-0.1, -0.05) is 13.8 Å². The maximum absolute atomic E-state index is 5.42. The Balaban J connectivity index is 2.26. The smallest absolute Gasteiger partial charge is 0.134 e. The molecular formula is C15H25N3O. The third-order valence-corrected chi connectivity index (χ3v) is 3.71. The zero-order valence-electron chi connectivity index (χ0n) is 12.3. The number of aryl methyl sites for hydroxylation is 1. The summed E-state index contributed by atoms with van der Waals surface area (Å²) in [4.78, 5) is 9.52. The molecular weight excluding hydrogens is 238 g/mol. The van der Waals surface area contributed by atoms with E-state index in [1.807, 2.05) is 0 Å². The van der Waals surface area contributed by atoms with Crippen molar-refractivity contribution in [3.05, 3.63) is 17.1 Å². The number of nitrogens with one attached hydrogen (secondary N) is 1. The fourth-order valence-electron chi connectivity index (χ4n) is 2.57. The van der Waals surface area contributed by atoms with Crippen molar-refractivity contribution in [1.29, 1.82) is 0 Å². The number of anilines is 1. The van der Waals surface area contributed by atoms with Gasteiger partial charge in [-0.3, -0.25) is 0 Å². The van der Waals surface area contributed by atoms with Gasteiger partial charge in [0.25, 0.3) is 0 Å². The Hall–Kier alpha value is -1.16. The molecule has 0 amide bonds. The fourth-order valence-corrected chi connectivity index (χ4v) is 2.57. The molecule has 0 spiro atoms. The van der Waals surface area contributed by atoms with E-state index in [9.17, 15) is 0 Å². The van der Waals surface area contributed by atoms with Gasteiger partial charge in [0.15, 0.2) is 0 Å². The number of ether oxygens (including phenoxy) is 1. The van der Waals surface area contributed by atoms with Gasteiger partial charge in [0, 0.05) is 36.9 Å². The number of nitrogens with zero attached hydrogens (tertiary/aromatic N) is 2. The molecule has 0 radical (unpaired) electrons. The molecule has 19 heavy (non-hydrogen) atoms. The summed E-state index contributed by atoms with van der Waals surface area (Å²) in [6, 6.07) is 0. The molecule has 4 nitrogen and oxygen atoms in total. The van der Waals surface area contributed by atoms with Crippen LogP contribution in [0.5, 0.6) is 0 Å². The lowest BCUT2D eigenvalue weighted by molar-refractivity contribution is 0.0835. The first-order valence-electron chi connectivity index (χ1n) is 7.45. The van der Waals surface area contributed by atoms with Gasteiger partial charge in [0.05, 0.1) is 0 Å². The fraction of sp³-hybridized carbons (Fsp3) is 0.733. The predicted octanol–water partition coefficient (Wildman–Crippen LogP) is 3.06. The van der Waals surface area contributed by atoms with Gasteiger partial charge in [0.2, 0.25) is 0 Å². The van der Waals surface area contributed by atoms with Crippen LogP contribution in [0.25, 0.3) is 0 Å². The van der Waals surface area contributed by atoms with Gasteiger partial charge < -0.3 is 10.1 Å². The highest BCUT2D eigenvalue weighted by molar-refractivity contribution is 5.46. The zero-order chi connectivity index (χ0) is 13.7. The molecule has 4 heteroatoms. The summed E-state index contributed by atoms with van der Waals surface area (Å²) in [5.74, 6) is 2.50. The Bertz CT molecular complexity index is 414. The van der Waals surface area contributed by atoms with Crippen LogP contribution >= 0.6 is 0 Å². The molecule has 0 atom stereocenters. The molecule has 0 unspecified atom stereocenters. The van der Waals surface area contributed by atoms with E-state index in [2.05, 4.69) is 26.1 Å². The Morgan fingerprint density at radius 1 is 1.21 bits per heavy atom. The summed E-state index contributed by atoms with van der Waals surface area (Å²) in [6.07, 6.45) is 4.17. The highest BCUT2D eigenvalue weighted by Crippen LogP contribution is 2.27. The van der Waals surface area contributed by atoms with E-state index in [1.54, 1.807) is 0 Å². The van der Waals surface area contributed by atoms with Gasteiger partial charge in [0.1, 0.15) is 11.6 Å². The summed E-state index contributed by atoms with van der Waals surface area (Å²) in [5.41, 5.74) is 2.38. The predicted molar refractivity (Wildman–Crippen MR) is 77.7 cm³/mol. The average molecular weight is 263 g/mol. The second-order valence-corrected chi connectivity index (χ2v) is 5.16. The standard InChI is InChI=1S/C15H25N3O/c1-4-8-16-15-13(5-2)11(3)17-14(18-15)12-6-9-19-10-7-12/h12H,4-10H2,1-3H3,(H,16,17,18). The lowest BCUT2D eigenvalue weighted by Gasteiger charge is -2.22. The van der Waals surface area contributed by atoms with Crippen LogP contribution in [-0.2, 0) is 11.2 Å². The minimum absolute atomic E-state index is 0.459. The Kier molecular flexibility index (Phi) is 5.14. The van der Waals surface area contributed by atoms with Crippen molar-refractivity contribution in [1.82, 2.24) is 9.97 Å². The van der Waals surface area contributed by atoms with Crippen LogP contribution in [0.3, 0.4) is 0 Å². The Morgan fingerprint density at radius 3 is 2.58 bits per heavy atom. The normalized spacial score (nSPS) is 16.6. The summed E-state index contributed by atoms with van der Waals surface area (Å²) < 4.78 is 5.42. The molecule has 2 heterocycles. The maximum atomic E-state index is 5.42. The third kappa shape index (κ3) is 3.44. The van der Waals surface area contributed by atoms with E-state index in [1.165, 1.54) is 5.56 Å². The van der Waals surface area contributed by atoms with Gasteiger partial charge in [-0.2, -0.15) is 0 Å². The van der Waals surface area contributed by atoms with Crippen molar-refractivity contribution in [3.8, 4) is 0 Å². The van der Waals surface area contributed by atoms with E-state index >= 15 is 0 Å². The number of rotatable bonds is 5. The molecule has 2 rings (SSSR count). The molecule has 1 aliphatic heterocycles. The number of hydrogen-bond donors (Lipinski definition) is 1. The van der Waals surface area contributed by atoms with Crippen molar-refractivity contribution < 1.29 is 4.74 Å². The molecule has 1 aromatic heterocycles. The lowest BCUT2D eigenvalue weighted by Crippen LogP contribution is -2.18.